The van der Waals surface area contributed by atoms with Crippen molar-refractivity contribution in [2.75, 3.05) is 7.11 Å². The molecule has 0 heterocycles. The van der Waals surface area contributed by atoms with Gasteiger partial charge in [-0.15, -0.1) is 0 Å². The van der Waals surface area contributed by atoms with Crippen LogP contribution in [0.1, 0.15) is 30.4 Å². The summed E-state index contributed by atoms with van der Waals surface area (Å²) in [6, 6.07) is 8.51. The second-order valence-electron chi connectivity index (χ2n) is 3.74. The average Bonchev–Trinajstić information content (AvgIpc) is 2.34. The molecule has 2 nitrogen and oxygen atoms in total. The Balaban J connectivity index is 2.28. The van der Waals surface area contributed by atoms with Crippen LogP contribution in [-0.2, 0) is 21.3 Å². The topological polar surface area (TPSA) is 26.3 Å². The number of carbonyl (C=O) groups is 1. The third kappa shape index (κ3) is 4.79. The molecule has 0 bridgehead atoms. The van der Waals surface area contributed by atoms with Gasteiger partial charge in [0.1, 0.15) is 0 Å². The molecule has 1 aromatic carbocycles. The summed E-state index contributed by atoms with van der Waals surface area (Å²) in [5.74, 6) is -0.116. The van der Waals surface area contributed by atoms with Crippen LogP contribution in [0.15, 0.2) is 24.3 Å². The van der Waals surface area contributed by atoms with Crippen molar-refractivity contribution in [1.29, 1.82) is 0 Å². The van der Waals surface area contributed by atoms with E-state index in [9.17, 15) is 4.79 Å². The number of esters is 1. The summed E-state index contributed by atoms with van der Waals surface area (Å²) in [7, 11) is 1.43. The van der Waals surface area contributed by atoms with E-state index in [1.807, 2.05) is 0 Å². The maximum Gasteiger partial charge on any atom is 0.305 e. The second-order valence-corrected chi connectivity index (χ2v) is 4.30. The first kappa shape index (κ1) is 13.2. The van der Waals surface area contributed by atoms with Crippen molar-refractivity contribution in [3.05, 3.63) is 35.4 Å². The summed E-state index contributed by atoms with van der Waals surface area (Å²) < 4.78 is 4.59. The third-order valence-electron chi connectivity index (χ3n) is 2.47. The fourth-order valence-electron chi connectivity index (χ4n) is 1.57. The van der Waals surface area contributed by atoms with Gasteiger partial charge in [-0.1, -0.05) is 40.2 Å². The van der Waals surface area contributed by atoms with Crippen LogP contribution in [0.5, 0.6) is 0 Å². The Bertz CT molecular complexity index is 336. The highest BCUT2D eigenvalue weighted by atomic mass is 79.9. The van der Waals surface area contributed by atoms with Gasteiger partial charge in [0.2, 0.25) is 0 Å². The van der Waals surface area contributed by atoms with E-state index >= 15 is 0 Å². The van der Waals surface area contributed by atoms with Gasteiger partial charge in [-0.3, -0.25) is 4.79 Å². The number of alkyl halides is 1. The summed E-state index contributed by atoms with van der Waals surface area (Å²) in [5.41, 5.74) is 2.63. The number of carbonyl (C=O) groups excluding carboxylic acids is 1. The van der Waals surface area contributed by atoms with Crippen LogP contribution in [-0.4, -0.2) is 13.1 Å². The van der Waals surface area contributed by atoms with E-state index < -0.39 is 0 Å². The molecule has 88 valence electrons. The Labute approximate surface area is 105 Å². The largest absolute Gasteiger partial charge is 0.469 e. The predicted octanol–water partition coefficient (Wildman–Crippen LogP) is 3.47. The molecule has 0 N–H and O–H groups in total. The highest BCUT2D eigenvalue weighted by Crippen LogP contribution is 2.12. The van der Waals surface area contributed by atoms with E-state index in [4.69, 9.17) is 0 Å². The van der Waals surface area contributed by atoms with Gasteiger partial charge >= 0.3 is 5.97 Å². The van der Waals surface area contributed by atoms with Crippen molar-refractivity contribution in [1.82, 2.24) is 0 Å². The molecule has 0 spiro atoms. The first-order chi connectivity index (χ1) is 7.76. The normalized spacial score (nSPS) is 10.1. The van der Waals surface area contributed by atoms with Crippen molar-refractivity contribution in [2.24, 2.45) is 0 Å². The number of rotatable bonds is 6. The molecule has 16 heavy (non-hydrogen) atoms. The molecule has 0 saturated heterocycles. The van der Waals surface area contributed by atoms with Gasteiger partial charge < -0.3 is 4.74 Å². The van der Waals surface area contributed by atoms with Gasteiger partial charge in [0.15, 0.2) is 0 Å². The Morgan fingerprint density at radius 2 is 2.06 bits per heavy atom. The monoisotopic (exact) mass is 284 g/mol. The summed E-state index contributed by atoms with van der Waals surface area (Å²) in [6.07, 6.45) is 3.47. The molecule has 1 rings (SSSR count). The van der Waals surface area contributed by atoms with Crippen LogP contribution in [0.4, 0.5) is 0 Å². The number of benzene rings is 1. The van der Waals surface area contributed by atoms with E-state index in [2.05, 4.69) is 44.9 Å². The quantitative estimate of drug-likeness (QED) is 0.454. The molecule has 0 fully saturated rings. The molecule has 0 saturated carbocycles. The van der Waals surface area contributed by atoms with E-state index in [0.717, 1.165) is 24.6 Å². The summed E-state index contributed by atoms with van der Waals surface area (Å²) in [6.45, 7) is 0. The van der Waals surface area contributed by atoms with Gasteiger partial charge in [0.25, 0.3) is 0 Å². The van der Waals surface area contributed by atoms with E-state index in [1.54, 1.807) is 0 Å². The number of ether oxygens (including phenoxy) is 1. The second kappa shape index (κ2) is 7.44. The van der Waals surface area contributed by atoms with E-state index in [-0.39, 0.29) is 5.97 Å². The number of unbranched alkanes of at least 4 members (excludes halogenated alkanes) is 1. The Morgan fingerprint density at radius 1 is 1.31 bits per heavy atom. The first-order valence-corrected chi connectivity index (χ1v) is 6.59. The highest BCUT2D eigenvalue weighted by Gasteiger charge is 2.00. The lowest BCUT2D eigenvalue weighted by atomic mass is 10.1. The van der Waals surface area contributed by atoms with Crippen LogP contribution in [0, 0.1) is 0 Å². The molecule has 0 radical (unpaired) electrons. The van der Waals surface area contributed by atoms with Crippen LogP contribution in [0.2, 0.25) is 0 Å². The minimum Gasteiger partial charge on any atom is -0.469 e. The molecule has 3 heteroatoms. The fraction of sp³-hybridized carbons (Fsp3) is 0.462. The maximum atomic E-state index is 10.9. The molecule has 0 aromatic heterocycles. The molecular formula is C13H17BrO2. The van der Waals surface area contributed by atoms with Crippen LogP contribution < -0.4 is 0 Å². The predicted molar refractivity (Wildman–Crippen MR) is 68.6 cm³/mol. The molecule has 0 amide bonds. The van der Waals surface area contributed by atoms with Gasteiger partial charge in [0.05, 0.1) is 7.11 Å². The smallest absolute Gasteiger partial charge is 0.305 e. The van der Waals surface area contributed by atoms with Crippen molar-refractivity contribution in [3.8, 4) is 0 Å². The molecule has 0 unspecified atom stereocenters. The van der Waals surface area contributed by atoms with Crippen LogP contribution >= 0.6 is 15.9 Å². The van der Waals surface area contributed by atoms with Crippen LogP contribution in [0.25, 0.3) is 0 Å². The van der Waals surface area contributed by atoms with Gasteiger partial charge in [0, 0.05) is 11.8 Å². The van der Waals surface area contributed by atoms with Crippen molar-refractivity contribution in [2.45, 2.75) is 31.0 Å². The maximum absolute atomic E-state index is 10.9. The highest BCUT2D eigenvalue weighted by molar-refractivity contribution is 9.08. The van der Waals surface area contributed by atoms with E-state index in [0.29, 0.717) is 6.42 Å². The van der Waals surface area contributed by atoms with Crippen molar-refractivity contribution < 1.29 is 9.53 Å². The zero-order valence-electron chi connectivity index (χ0n) is 9.54. The molecule has 0 aliphatic rings. The molecule has 1 aromatic rings. The molecule has 0 atom stereocenters. The minimum atomic E-state index is -0.116. The van der Waals surface area contributed by atoms with Gasteiger partial charge in [-0.2, -0.15) is 0 Å². The SMILES string of the molecule is COC(=O)CCCCc1cccc(CBr)c1. The zero-order chi connectivity index (χ0) is 11.8. The average molecular weight is 285 g/mol. The zero-order valence-corrected chi connectivity index (χ0v) is 11.1. The van der Waals surface area contributed by atoms with Gasteiger partial charge in [-0.25, -0.2) is 0 Å². The Kier molecular flexibility index (Phi) is 6.16. The number of methoxy groups -OCH3 is 1. The molecular weight excluding hydrogens is 268 g/mol. The number of hydrogen-bond acceptors (Lipinski definition) is 2. The fourth-order valence-corrected chi connectivity index (χ4v) is 1.92. The first-order valence-electron chi connectivity index (χ1n) is 5.47. The van der Waals surface area contributed by atoms with Crippen molar-refractivity contribution >= 4 is 21.9 Å². The standard InChI is InChI=1S/C13H17BrO2/c1-16-13(15)8-3-2-5-11-6-4-7-12(9-11)10-14/h4,6-7,9H,2-3,5,8,10H2,1H3. The third-order valence-corrected chi connectivity index (χ3v) is 3.12. The number of hydrogen-bond donors (Lipinski definition) is 0. The lowest BCUT2D eigenvalue weighted by molar-refractivity contribution is -0.140. The molecule has 0 aliphatic heterocycles. The summed E-state index contributed by atoms with van der Waals surface area (Å²) >= 11 is 3.44. The number of halogens is 1. The number of aryl methyl sites for hydroxylation is 1. The van der Waals surface area contributed by atoms with E-state index in [1.165, 1.54) is 18.2 Å². The molecule has 0 aliphatic carbocycles. The van der Waals surface area contributed by atoms with Crippen LogP contribution in [0.3, 0.4) is 0 Å². The summed E-state index contributed by atoms with van der Waals surface area (Å²) in [5, 5.41) is 0.892. The minimum absolute atomic E-state index is 0.116. The van der Waals surface area contributed by atoms with Gasteiger partial charge in [-0.05, 0) is 30.4 Å². The summed E-state index contributed by atoms with van der Waals surface area (Å²) in [4.78, 5) is 10.9. The lowest BCUT2D eigenvalue weighted by Crippen LogP contribution is -1.99. The Morgan fingerprint density at radius 3 is 2.75 bits per heavy atom. The Hall–Kier alpha value is -0.830. The van der Waals surface area contributed by atoms with Crippen molar-refractivity contribution in [3.63, 3.8) is 0 Å². The lowest BCUT2D eigenvalue weighted by Gasteiger charge is -2.03.